The number of imidazole rings is 1. The van der Waals surface area contributed by atoms with E-state index in [1.807, 2.05) is 0 Å². The third-order valence-electron chi connectivity index (χ3n) is 3.64. The largest absolute Gasteiger partial charge is 0.327 e. The highest BCUT2D eigenvalue weighted by Crippen LogP contribution is 2.19. The first-order chi connectivity index (χ1) is 9.69. The summed E-state index contributed by atoms with van der Waals surface area (Å²) in [4.78, 5) is 7.18. The van der Waals surface area contributed by atoms with Crippen molar-refractivity contribution in [3.8, 4) is 0 Å². The fraction of sp³-hybridized carbons (Fsp3) is 0.533. The van der Waals surface area contributed by atoms with Gasteiger partial charge in [-0.1, -0.05) is 13.8 Å². The third-order valence-corrected chi connectivity index (χ3v) is 4.50. The Morgan fingerprint density at radius 1 is 1.30 bits per heavy atom. The van der Waals surface area contributed by atoms with Crippen molar-refractivity contribution in [1.29, 1.82) is 0 Å². The summed E-state index contributed by atoms with van der Waals surface area (Å²) in [5.74, 6) is 1.72. The maximum atomic E-state index is 5.92. The zero-order valence-electron chi connectivity index (χ0n) is 12.1. The number of fused-ring (bicyclic) bond motifs is 1. The lowest BCUT2D eigenvalue weighted by molar-refractivity contribution is 0.290. The highest BCUT2D eigenvalue weighted by atomic mass is 127. The van der Waals surface area contributed by atoms with Gasteiger partial charge in [0.15, 0.2) is 0 Å². The lowest BCUT2D eigenvalue weighted by atomic mass is 10.3. The Morgan fingerprint density at radius 2 is 2.05 bits per heavy atom. The van der Waals surface area contributed by atoms with Crippen molar-refractivity contribution in [2.45, 2.75) is 26.8 Å². The molecule has 0 atom stereocenters. The van der Waals surface area contributed by atoms with E-state index in [4.69, 9.17) is 16.6 Å². The van der Waals surface area contributed by atoms with E-state index in [0.717, 1.165) is 43.9 Å². The van der Waals surface area contributed by atoms with Gasteiger partial charge in [0.25, 0.3) is 0 Å². The summed E-state index contributed by atoms with van der Waals surface area (Å²) < 4.78 is 3.55. The van der Waals surface area contributed by atoms with Gasteiger partial charge in [0.1, 0.15) is 5.82 Å². The minimum atomic E-state index is 0.617. The Labute approximate surface area is 139 Å². The van der Waals surface area contributed by atoms with E-state index in [9.17, 15) is 0 Å². The van der Waals surface area contributed by atoms with E-state index in [1.165, 1.54) is 9.09 Å². The van der Waals surface area contributed by atoms with Crippen LogP contribution in [-0.2, 0) is 13.0 Å². The van der Waals surface area contributed by atoms with Crippen molar-refractivity contribution in [3.05, 3.63) is 27.6 Å². The molecule has 110 valence electrons. The zero-order chi connectivity index (χ0) is 14.5. The second-order valence-corrected chi connectivity index (χ2v) is 6.40. The predicted octanol–water partition coefficient (Wildman–Crippen LogP) is 3.76. The van der Waals surface area contributed by atoms with Gasteiger partial charge in [-0.3, -0.25) is 0 Å². The maximum absolute atomic E-state index is 5.92. The third kappa shape index (κ3) is 3.65. The number of rotatable bonds is 7. The summed E-state index contributed by atoms with van der Waals surface area (Å²) in [6.07, 6.45) is 0.824. The van der Waals surface area contributed by atoms with Crippen molar-refractivity contribution in [1.82, 2.24) is 14.5 Å². The molecule has 0 radical (unpaired) electrons. The fourth-order valence-corrected chi connectivity index (χ4v) is 3.10. The maximum Gasteiger partial charge on any atom is 0.111 e. The Balaban J connectivity index is 2.30. The van der Waals surface area contributed by atoms with Gasteiger partial charge in [0.05, 0.1) is 11.0 Å². The van der Waals surface area contributed by atoms with Crippen LogP contribution in [0.15, 0.2) is 18.2 Å². The molecule has 0 spiro atoms. The molecule has 2 aromatic rings. The number of alkyl halides is 1. The topological polar surface area (TPSA) is 21.1 Å². The van der Waals surface area contributed by atoms with Gasteiger partial charge in [0.2, 0.25) is 0 Å². The minimum Gasteiger partial charge on any atom is -0.327 e. The van der Waals surface area contributed by atoms with Gasteiger partial charge in [-0.05, 0) is 53.9 Å². The summed E-state index contributed by atoms with van der Waals surface area (Å²) in [6, 6.07) is 6.45. The van der Waals surface area contributed by atoms with E-state index in [1.54, 1.807) is 0 Å². The molecule has 20 heavy (non-hydrogen) atoms. The van der Waals surface area contributed by atoms with Crippen LogP contribution < -0.4 is 0 Å². The summed E-state index contributed by atoms with van der Waals surface area (Å²) >= 11 is 8.25. The molecule has 0 fully saturated rings. The molecular formula is C15H21ClIN3. The first-order valence-electron chi connectivity index (χ1n) is 7.12. The van der Waals surface area contributed by atoms with E-state index in [-0.39, 0.29) is 0 Å². The first-order valence-corrected chi connectivity index (χ1v) is 8.73. The van der Waals surface area contributed by atoms with Crippen LogP contribution in [0.4, 0.5) is 0 Å². The molecule has 5 heteroatoms. The number of aromatic nitrogens is 2. The Bertz CT molecular complexity index is 563. The normalized spacial score (nSPS) is 11.7. The second-order valence-electron chi connectivity index (χ2n) is 4.78. The van der Waals surface area contributed by atoms with Crippen LogP contribution in [0.1, 0.15) is 19.7 Å². The van der Waals surface area contributed by atoms with Crippen LogP contribution in [0.2, 0.25) is 0 Å². The lowest BCUT2D eigenvalue weighted by Crippen LogP contribution is -2.27. The van der Waals surface area contributed by atoms with Crippen molar-refractivity contribution >= 4 is 45.2 Å². The molecule has 2 rings (SSSR count). The van der Waals surface area contributed by atoms with Crippen LogP contribution in [0, 0.1) is 3.57 Å². The molecule has 0 aliphatic rings. The molecule has 0 amide bonds. The number of aryl methyl sites for hydroxylation is 1. The molecule has 1 heterocycles. The molecule has 0 saturated heterocycles. The van der Waals surface area contributed by atoms with Gasteiger partial charge < -0.3 is 9.47 Å². The van der Waals surface area contributed by atoms with Crippen molar-refractivity contribution < 1.29 is 0 Å². The smallest absolute Gasteiger partial charge is 0.111 e. The average molecular weight is 406 g/mol. The Morgan fingerprint density at radius 3 is 2.70 bits per heavy atom. The molecule has 0 aliphatic carbocycles. The standard InChI is InChI=1S/C15H21ClIN3/c1-3-19(4-2)9-10-20-14-6-5-12(17)11-13(14)18-15(20)7-8-16/h5-6,11H,3-4,7-10H2,1-2H3. The molecule has 3 nitrogen and oxygen atoms in total. The predicted molar refractivity (Wildman–Crippen MR) is 94.7 cm³/mol. The number of benzene rings is 1. The van der Waals surface area contributed by atoms with Crippen LogP contribution in [0.25, 0.3) is 11.0 Å². The molecule has 0 unspecified atom stereocenters. The Hall–Kier alpha value is -0.330. The monoisotopic (exact) mass is 405 g/mol. The van der Waals surface area contributed by atoms with E-state index in [2.05, 4.69) is 64.1 Å². The number of hydrogen-bond donors (Lipinski definition) is 0. The summed E-state index contributed by atoms with van der Waals surface area (Å²) in [6.45, 7) is 8.62. The van der Waals surface area contributed by atoms with Crippen molar-refractivity contribution in [2.24, 2.45) is 0 Å². The van der Waals surface area contributed by atoms with Gasteiger partial charge in [-0.15, -0.1) is 11.6 Å². The molecule has 0 saturated carbocycles. The number of hydrogen-bond acceptors (Lipinski definition) is 2. The fourth-order valence-electron chi connectivity index (χ4n) is 2.46. The summed E-state index contributed by atoms with van der Waals surface area (Å²) in [5, 5.41) is 0. The number of likely N-dealkylation sites (N-methyl/N-ethyl adjacent to an activating group) is 1. The quantitative estimate of drug-likeness (QED) is 0.516. The van der Waals surface area contributed by atoms with Gasteiger partial charge in [0, 0.05) is 29.0 Å². The molecular weight excluding hydrogens is 385 g/mol. The van der Waals surface area contributed by atoms with Gasteiger partial charge in [-0.25, -0.2) is 4.98 Å². The van der Waals surface area contributed by atoms with Crippen LogP contribution in [0.5, 0.6) is 0 Å². The molecule has 0 aliphatic heterocycles. The summed E-state index contributed by atoms with van der Waals surface area (Å²) in [5.41, 5.74) is 2.30. The highest BCUT2D eigenvalue weighted by Gasteiger charge is 2.11. The van der Waals surface area contributed by atoms with Gasteiger partial charge >= 0.3 is 0 Å². The first kappa shape index (κ1) is 16.0. The van der Waals surface area contributed by atoms with E-state index >= 15 is 0 Å². The minimum absolute atomic E-state index is 0.617. The Kier molecular flexibility index (Phi) is 6.11. The van der Waals surface area contributed by atoms with Gasteiger partial charge in [-0.2, -0.15) is 0 Å². The number of halogens is 2. The van der Waals surface area contributed by atoms with Crippen LogP contribution >= 0.6 is 34.2 Å². The SMILES string of the molecule is CCN(CC)CCn1c(CCCl)nc2cc(I)ccc21. The average Bonchev–Trinajstić information content (AvgIpc) is 2.77. The van der Waals surface area contributed by atoms with Crippen molar-refractivity contribution in [2.75, 3.05) is 25.5 Å². The molecule has 0 N–H and O–H groups in total. The molecule has 1 aromatic heterocycles. The number of nitrogens with zero attached hydrogens (tertiary/aromatic N) is 3. The van der Waals surface area contributed by atoms with Crippen LogP contribution in [-0.4, -0.2) is 40.0 Å². The highest BCUT2D eigenvalue weighted by molar-refractivity contribution is 14.1. The second kappa shape index (κ2) is 7.61. The summed E-state index contributed by atoms with van der Waals surface area (Å²) in [7, 11) is 0. The zero-order valence-corrected chi connectivity index (χ0v) is 15.0. The lowest BCUT2D eigenvalue weighted by Gasteiger charge is -2.19. The van der Waals surface area contributed by atoms with E-state index < -0.39 is 0 Å². The molecule has 1 aromatic carbocycles. The van der Waals surface area contributed by atoms with Crippen LogP contribution in [0.3, 0.4) is 0 Å². The van der Waals surface area contributed by atoms with E-state index in [0.29, 0.717) is 5.88 Å². The van der Waals surface area contributed by atoms with Crippen molar-refractivity contribution in [3.63, 3.8) is 0 Å². The molecule has 0 bridgehead atoms.